The van der Waals surface area contributed by atoms with Crippen LogP contribution in [0.3, 0.4) is 0 Å². The second-order valence-electron chi connectivity index (χ2n) is 11.4. The second kappa shape index (κ2) is 9.48. The minimum atomic E-state index is 0.0169. The Morgan fingerprint density at radius 3 is 2.67 bits per heavy atom. The summed E-state index contributed by atoms with van der Waals surface area (Å²) in [6, 6.07) is 21.5. The van der Waals surface area contributed by atoms with E-state index in [0.717, 1.165) is 35.6 Å². The van der Waals surface area contributed by atoms with Gasteiger partial charge in [0.15, 0.2) is 0 Å². The molecule has 1 saturated heterocycles. The van der Waals surface area contributed by atoms with E-state index in [9.17, 15) is 4.79 Å². The SMILES string of the molecule is C[C@H]1[C@@H]2Cc3ccc(C(=O)NCCc4ccc(-c5ccccc5)cn4)cc3[C@@]1(C)CCN2CC1CC1. The molecule has 3 aromatic rings. The summed E-state index contributed by atoms with van der Waals surface area (Å²) in [5, 5.41) is 3.13. The maximum absolute atomic E-state index is 13.1. The topological polar surface area (TPSA) is 45.2 Å². The summed E-state index contributed by atoms with van der Waals surface area (Å²) in [6.07, 6.45) is 7.77. The summed E-state index contributed by atoms with van der Waals surface area (Å²) in [4.78, 5) is 20.4. The van der Waals surface area contributed by atoms with Gasteiger partial charge in [0, 0.05) is 48.6 Å². The zero-order chi connectivity index (χ0) is 24.7. The highest BCUT2D eigenvalue weighted by Gasteiger charge is 2.49. The van der Waals surface area contributed by atoms with Gasteiger partial charge < -0.3 is 5.32 Å². The summed E-state index contributed by atoms with van der Waals surface area (Å²) in [6.45, 7) is 7.93. The number of aromatic nitrogens is 1. The predicted octanol–water partition coefficient (Wildman–Crippen LogP) is 5.66. The van der Waals surface area contributed by atoms with Gasteiger partial charge in [-0.15, -0.1) is 0 Å². The first-order chi connectivity index (χ1) is 17.5. The monoisotopic (exact) mass is 479 g/mol. The molecule has 0 radical (unpaired) electrons. The molecule has 2 heterocycles. The summed E-state index contributed by atoms with van der Waals surface area (Å²) in [7, 11) is 0. The number of hydrogen-bond donors (Lipinski definition) is 1. The van der Waals surface area contributed by atoms with Gasteiger partial charge in [0.1, 0.15) is 0 Å². The van der Waals surface area contributed by atoms with Gasteiger partial charge in [0.2, 0.25) is 0 Å². The molecule has 0 spiro atoms. The van der Waals surface area contributed by atoms with Crippen molar-refractivity contribution >= 4 is 5.91 Å². The second-order valence-corrected chi connectivity index (χ2v) is 11.4. The highest BCUT2D eigenvalue weighted by molar-refractivity contribution is 5.94. The average molecular weight is 480 g/mol. The van der Waals surface area contributed by atoms with Gasteiger partial charge >= 0.3 is 0 Å². The number of hydrogen-bond acceptors (Lipinski definition) is 3. The van der Waals surface area contributed by atoms with Gasteiger partial charge in [0.25, 0.3) is 5.91 Å². The van der Waals surface area contributed by atoms with Crippen molar-refractivity contribution in [1.82, 2.24) is 15.2 Å². The van der Waals surface area contributed by atoms with Crippen LogP contribution in [0.2, 0.25) is 0 Å². The minimum Gasteiger partial charge on any atom is -0.352 e. The van der Waals surface area contributed by atoms with Crippen LogP contribution in [-0.2, 0) is 18.3 Å². The Balaban J connectivity index is 1.10. The van der Waals surface area contributed by atoms with Crippen molar-refractivity contribution in [1.29, 1.82) is 0 Å². The molecule has 2 fully saturated rings. The number of carbonyl (C=O) groups is 1. The molecule has 1 N–H and O–H groups in total. The Labute approximate surface area is 215 Å². The number of pyridine rings is 1. The molecule has 186 valence electrons. The summed E-state index contributed by atoms with van der Waals surface area (Å²) in [5.41, 5.74) is 7.06. The third kappa shape index (κ3) is 4.48. The average Bonchev–Trinajstić information content (AvgIpc) is 3.73. The van der Waals surface area contributed by atoms with Crippen LogP contribution >= 0.6 is 0 Å². The fourth-order valence-corrected chi connectivity index (χ4v) is 6.49. The van der Waals surface area contributed by atoms with Crippen molar-refractivity contribution in [3.63, 3.8) is 0 Å². The summed E-state index contributed by atoms with van der Waals surface area (Å²) >= 11 is 0. The Morgan fingerprint density at radius 2 is 1.92 bits per heavy atom. The molecule has 4 heteroatoms. The van der Waals surface area contributed by atoms with E-state index in [2.05, 4.69) is 65.4 Å². The van der Waals surface area contributed by atoms with Crippen LogP contribution < -0.4 is 5.32 Å². The largest absolute Gasteiger partial charge is 0.352 e. The molecule has 1 amide bonds. The molecule has 3 aliphatic rings. The third-order valence-corrected chi connectivity index (χ3v) is 9.17. The van der Waals surface area contributed by atoms with E-state index in [4.69, 9.17) is 0 Å². The standard InChI is InChI=1S/C32H37N3O/c1-22-30-19-25-10-11-26(18-29(25)32(22,2)15-17-35(30)21-23-8-9-23)31(36)33-16-14-28-13-12-27(20-34-28)24-6-4-3-5-7-24/h3-7,10-13,18,20,22-23,30H,8-9,14-17,19,21H2,1-2H3,(H,33,36)/t22-,30-,32-/m0/s1. The number of amides is 1. The highest BCUT2D eigenvalue weighted by Crippen LogP contribution is 2.49. The highest BCUT2D eigenvalue weighted by atomic mass is 16.1. The lowest BCUT2D eigenvalue weighted by atomic mass is 9.59. The van der Waals surface area contributed by atoms with E-state index < -0.39 is 0 Å². The van der Waals surface area contributed by atoms with E-state index in [-0.39, 0.29) is 11.3 Å². The van der Waals surface area contributed by atoms with E-state index >= 15 is 0 Å². The molecule has 6 rings (SSSR count). The van der Waals surface area contributed by atoms with Crippen molar-refractivity contribution in [2.24, 2.45) is 11.8 Å². The van der Waals surface area contributed by atoms with Gasteiger partial charge in [-0.2, -0.15) is 0 Å². The molecule has 4 nitrogen and oxygen atoms in total. The number of carbonyl (C=O) groups excluding carboxylic acids is 1. The van der Waals surface area contributed by atoms with Gasteiger partial charge in [-0.25, -0.2) is 0 Å². The predicted molar refractivity (Wildman–Crippen MR) is 145 cm³/mol. The van der Waals surface area contributed by atoms with Crippen molar-refractivity contribution in [2.45, 2.75) is 57.4 Å². The Morgan fingerprint density at radius 1 is 1.08 bits per heavy atom. The molecular formula is C32H37N3O. The lowest BCUT2D eigenvalue weighted by molar-refractivity contribution is 0.0284. The first-order valence-electron chi connectivity index (χ1n) is 13.7. The molecule has 0 unspecified atom stereocenters. The maximum atomic E-state index is 13.1. The zero-order valence-corrected chi connectivity index (χ0v) is 21.5. The van der Waals surface area contributed by atoms with E-state index in [1.807, 2.05) is 30.5 Å². The quantitative estimate of drug-likeness (QED) is 0.476. The van der Waals surface area contributed by atoms with Crippen molar-refractivity contribution in [3.05, 3.63) is 89.2 Å². The Bertz CT molecular complexity index is 1230. The van der Waals surface area contributed by atoms with Gasteiger partial charge in [-0.3, -0.25) is 14.7 Å². The number of piperidine rings is 1. The smallest absolute Gasteiger partial charge is 0.251 e. The third-order valence-electron chi connectivity index (χ3n) is 9.17. The van der Waals surface area contributed by atoms with Crippen LogP contribution in [-0.4, -0.2) is 41.5 Å². The maximum Gasteiger partial charge on any atom is 0.251 e. The normalized spacial score (nSPS) is 25.3. The lowest BCUT2D eigenvalue weighted by Gasteiger charge is -2.55. The van der Waals surface area contributed by atoms with E-state index in [1.165, 1.54) is 49.0 Å². The lowest BCUT2D eigenvalue weighted by Crippen LogP contribution is -2.58. The van der Waals surface area contributed by atoms with E-state index in [0.29, 0.717) is 18.5 Å². The Hall–Kier alpha value is -2.98. The van der Waals surface area contributed by atoms with Crippen LogP contribution in [0.25, 0.3) is 11.1 Å². The summed E-state index contributed by atoms with van der Waals surface area (Å²) in [5.74, 6) is 1.56. The fourth-order valence-electron chi connectivity index (χ4n) is 6.49. The van der Waals surface area contributed by atoms with Gasteiger partial charge in [-0.05, 0) is 84.4 Å². The van der Waals surface area contributed by atoms with Crippen LogP contribution in [0.4, 0.5) is 0 Å². The first kappa shape index (κ1) is 23.4. The Kier molecular flexibility index (Phi) is 6.17. The first-order valence-corrected chi connectivity index (χ1v) is 13.7. The van der Waals surface area contributed by atoms with Gasteiger partial charge in [-0.1, -0.05) is 56.3 Å². The molecule has 3 atom stereocenters. The van der Waals surface area contributed by atoms with Crippen molar-refractivity contribution in [2.75, 3.05) is 19.6 Å². The molecule has 2 aliphatic carbocycles. The number of rotatable bonds is 7. The van der Waals surface area contributed by atoms with Gasteiger partial charge in [0.05, 0.1) is 0 Å². The molecule has 1 saturated carbocycles. The van der Waals surface area contributed by atoms with Crippen LogP contribution in [0.1, 0.15) is 60.3 Å². The van der Waals surface area contributed by atoms with Crippen molar-refractivity contribution in [3.8, 4) is 11.1 Å². The number of nitrogens with zero attached hydrogens (tertiary/aromatic N) is 2. The molecule has 1 aliphatic heterocycles. The zero-order valence-electron chi connectivity index (χ0n) is 21.5. The fraction of sp³-hybridized carbons (Fsp3) is 0.438. The number of nitrogens with one attached hydrogen (secondary N) is 1. The van der Waals surface area contributed by atoms with Crippen LogP contribution in [0.5, 0.6) is 0 Å². The number of fused-ring (bicyclic) bond motifs is 4. The van der Waals surface area contributed by atoms with Crippen molar-refractivity contribution < 1.29 is 4.79 Å². The summed E-state index contributed by atoms with van der Waals surface area (Å²) < 4.78 is 0. The molecule has 36 heavy (non-hydrogen) atoms. The van der Waals surface area contributed by atoms with Crippen LogP contribution in [0.15, 0.2) is 66.9 Å². The molecule has 2 bridgehead atoms. The molecule has 1 aromatic heterocycles. The minimum absolute atomic E-state index is 0.0169. The van der Waals surface area contributed by atoms with Crippen LogP contribution in [0, 0.1) is 11.8 Å². The number of likely N-dealkylation sites (tertiary alicyclic amines) is 1. The van der Waals surface area contributed by atoms with E-state index in [1.54, 1.807) is 0 Å². The molecular weight excluding hydrogens is 442 g/mol. The number of benzene rings is 2. The molecule has 2 aromatic carbocycles.